The molecular weight excluding hydrogens is 356 g/mol. The zero-order valence-electron chi connectivity index (χ0n) is 14.3. The van der Waals surface area contributed by atoms with Crippen LogP contribution >= 0.6 is 0 Å². The summed E-state index contributed by atoms with van der Waals surface area (Å²) in [6, 6.07) is 13.9. The smallest absolute Gasteiger partial charge is 0.404 e. The summed E-state index contributed by atoms with van der Waals surface area (Å²) < 4.78 is 17.6. The molecule has 0 saturated heterocycles. The minimum atomic E-state index is -3.36. The van der Waals surface area contributed by atoms with Crippen LogP contribution in [0, 0.1) is 0 Å². The highest BCUT2D eigenvalue weighted by atomic mass is 28.5. The Balaban J connectivity index is 2.49. The van der Waals surface area contributed by atoms with Crippen LogP contribution in [0.1, 0.15) is 0 Å². The summed E-state index contributed by atoms with van der Waals surface area (Å²) in [7, 11) is -3.56. The highest BCUT2D eigenvalue weighted by Gasteiger charge is 2.51. The summed E-state index contributed by atoms with van der Waals surface area (Å²) in [5.41, 5.74) is 12.7. The molecule has 6 N–H and O–H groups in total. The standard InChI is InChI=1S/C16H24N2O5Si2/c1-21-25(22-2,16-9-5-14(18)6-10-16)23-24(11-19,12-20)15-7-3-13(17)4-8-15/h3-10,19-20H,11-12,17-18H2,1-2H3. The molecule has 0 spiro atoms. The fraction of sp³-hybridized carbons (Fsp3) is 0.250. The molecule has 2 aromatic carbocycles. The first-order valence-electron chi connectivity index (χ1n) is 7.69. The lowest BCUT2D eigenvalue weighted by atomic mass is 10.3. The van der Waals surface area contributed by atoms with Crippen molar-refractivity contribution in [3.8, 4) is 0 Å². The van der Waals surface area contributed by atoms with E-state index in [1.165, 1.54) is 14.2 Å². The second-order valence-corrected chi connectivity index (χ2v) is 12.1. The maximum atomic E-state index is 10.1. The molecule has 0 unspecified atom stereocenters. The van der Waals surface area contributed by atoms with E-state index in [0.717, 1.165) is 0 Å². The first-order chi connectivity index (χ1) is 11.9. The molecule has 0 radical (unpaired) electrons. The van der Waals surface area contributed by atoms with Crippen molar-refractivity contribution in [3.05, 3.63) is 48.5 Å². The van der Waals surface area contributed by atoms with Crippen molar-refractivity contribution in [2.24, 2.45) is 0 Å². The predicted octanol–water partition coefficient (Wildman–Crippen LogP) is -0.778. The van der Waals surface area contributed by atoms with E-state index in [-0.39, 0.29) is 12.5 Å². The Labute approximate surface area is 149 Å². The van der Waals surface area contributed by atoms with Crippen LogP contribution in [0.15, 0.2) is 48.5 Å². The molecule has 9 heteroatoms. The lowest BCUT2D eigenvalue weighted by Crippen LogP contribution is -2.69. The fourth-order valence-corrected chi connectivity index (χ4v) is 9.18. The predicted molar refractivity (Wildman–Crippen MR) is 102 cm³/mol. The van der Waals surface area contributed by atoms with E-state index in [9.17, 15) is 10.2 Å². The van der Waals surface area contributed by atoms with Crippen LogP contribution < -0.4 is 21.8 Å². The van der Waals surface area contributed by atoms with Gasteiger partial charge in [0.25, 0.3) is 8.32 Å². The molecule has 2 aromatic rings. The maximum Gasteiger partial charge on any atom is 0.526 e. The van der Waals surface area contributed by atoms with Gasteiger partial charge in [-0.15, -0.1) is 0 Å². The number of aliphatic hydroxyl groups is 2. The van der Waals surface area contributed by atoms with Gasteiger partial charge in [-0.2, -0.15) is 0 Å². The molecule has 0 fully saturated rings. The SMILES string of the molecule is CO[Si](OC)(O[Si](CO)(CO)c1ccc(N)cc1)c1ccc(N)cc1. The van der Waals surface area contributed by atoms with Crippen molar-refractivity contribution in [3.63, 3.8) is 0 Å². The van der Waals surface area contributed by atoms with Crippen molar-refractivity contribution in [2.75, 3.05) is 38.1 Å². The first-order valence-corrected chi connectivity index (χ1v) is 11.7. The number of hydrogen-bond donors (Lipinski definition) is 4. The van der Waals surface area contributed by atoms with Gasteiger partial charge in [-0.3, -0.25) is 0 Å². The number of benzene rings is 2. The van der Waals surface area contributed by atoms with E-state index in [0.29, 0.717) is 21.7 Å². The Morgan fingerprint density at radius 2 is 1.16 bits per heavy atom. The Morgan fingerprint density at radius 3 is 1.52 bits per heavy atom. The molecule has 0 amide bonds. The molecule has 0 bridgehead atoms. The second-order valence-electron chi connectivity index (χ2n) is 5.62. The van der Waals surface area contributed by atoms with Gasteiger partial charge in [-0.1, -0.05) is 24.3 Å². The quantitative estimate of drug-likeness (QED) is 0.350. The third-order valence-electron chi connectivity index (χ3n) is 4.08. The molecule has 0 aliphatic heterocycles. The molecule has 7 nitrogen and oxygen atoms in total. The fourth-order valence-electron chi connectivity index (χ4n) is 2.55. The van der Waals surface area contributed by atoms with Crippen molar-refractivity contribution >= 4 is 38.9 Å². The van der Waals surface area contributed by atoms with Crippen LogP contribution in [-0.4, -0.2) is 54.0 Å². The third kappa shape index (κ3) is 3.93. The number of aliphatic hydroxyl groups excluding tert-OH is 2. The lowest BCUT2D eigenvalue weighted by molar-refractivity contribution is 0.163. The summed E-state index contributed by atoms with van der Waals surface area (Å²) in [5, 5.41) is 21.6. The first kappa shape index (κ1) is 19.6. The second kappa shape index (κ2) is 8.10. The molecule has 0 aliphatic rings. The third-order valence-corrected chi connectivity index (χ3v) is 11.2. The molecular formula is C16H24N2O5Si2. The molecule has 25 heavy (non-hydrogen) atoms. The Bertz CT molecular complexity index is 614. The molecule has 0 saturated carbocycles. The number of hydrogen-bond acceptors (Lipinski definition) is 7. The van der Waals surface area contributed by atoms with E-state index in [4.69, 9.17) is 24.4 Å². The van der Waals surface area contributed by atoms with Gasteiger partial charge in [0.2, 0.25) is 0 Å². The summed E-state index contributed by atoms with van der Waals surface area (Å²) in [5.74, 6) is 0. The molecule has 0 aliphatic carbocycles. The minimum absolute atomic E-state index is 0.330. The van der Waals surface area contributed by atoms with Gasteiger partial charge >= 0.3 is 8.80 Å². The zero-order chi connectivity index (χ0) is 18.5. The van der Waals surface area contributed by atoms with E-state index < -0.39 is 17.1 Å². The molecule has 0 atom stereocenters. The van der Waals surface area contributed by atoms with E-state index in [2.05, 4.69) is 0 Å². The minimum Gasteiger partial charge on any atom is -0.404 e. The number of rotatable bonds is 8. The van der Waals surface area contributed by atoms with E-state index in [1.54, 1.807) is 48.5 Å². The van der Waals surface area contributed by atoms with Crippen molar-refractivity contribution in [1.29, 1.82) is 0 Å². The van der Waals surface area contributed by atoms with Crippen LogP contribution in [0.2, 0.25) is 0 Å². The summed E-state index contributed by atoms with van der Waals surface area (Å²) in [6.45, 7) is 0. The average molecular weight is 381 g/mol. The highest BCUT2D eigenvalue weighted by Crippen LogP contribution is 2.18. The number of anilines is 2. The lowest BCUT2D eigenvalue weighted by Gasteiger charge is -2.37. The van der Waals surface area contributed by atoms with Gasteiger partial charge in [-0.25, -0.2) is 0 Å². The number of nitrogens with two attached hydrogens (primary N) is 2. The number of nitrogen functional groups attached to an aromatic ring is 2. The topological polar surface area (TPSA) is 120 Å². The van der Waals surface area contributed by atoms with Crippen molar-refractivity contribution in [2.45, 2.75) is 0 Å². The van der Waals surface area contributed by atoms with Crippen LogP contribution in [-0.2, 0) is 13.0 Å². The Hall–Kier alpha value is -1.73. The molecule has 0 aromatic heterocycles. The molecule has 136 valence electrons. The largest absolute Gasteiger partial charge is 0.526 e. The summed E-state index contributed by atoms with van der Waals surface area (Å²) in [4.78, 5) is 0. The van der Waals surface area contributed by atoms with Gasteiger partial charge in [0.15, 0.2) is 0 Å². The zero-order valence-corrected chi connectivity index (χ0v) is 16.3. The molecule has 2 rings (SSSR count). The van der Waals surface area contributed by atoms with Crippen molar-refractivity contribution < 1.29 is 23.2 Å². The van der Waals surface area contributed by atoms with Crippen molar-refractivity contribution in [1.82, 2.24) is 0 Å². The van der Waals surface area contributed by atoms with Gasteiger partial charge in [0, 0.05) is 30.8 Å². The van der Waals surface area contributed by atoms with Gasteiger partial charge in [0.1, 0.15) is 0 Å². The Morgan fingerprint density at radius 1 is 0.760 bits per heavy atom. The van der Waals surface area contributed by atoms with Gasteiger partial charge < -0.3 is 34.6 Å². The summed E-state index contributed by atoms with van der Waals surface area (Å²) in [6.07, 6.45) is -0.659. The maximum absolute atomic E-state index is 10.1. The monoisotopic (exact) mass is 380 g/mol. The van der Waals surface area contributed by atoms with Crippen LogP contribution in [0.3, 0.4) is 0 Å². The van der Waals surface area contributed by atoms with Crippen LogP contribution in [0.25, 0.3) is 0 Å². The van der Waals surface area contributed by atoms with Gasteiger partial charge in [-0.05, 0) is 29.5 Å². The van der Waals surface area contributed by atoms with Crippen LogP contribution in [0.4, 0.5) is 11.4 Å². The average Bonchev–Trinajstić information content (AvgIpc) is 2.65. The highest BCUT2D eigenvalue weighted by molar-refractivity contribution is 6.94. The van der Waals surface area contributed by atoms with Crippen LogP contribution in [0.5, 0.6) is 0 Å². The van der Waals surface area contributed by atoms with Gasteiger partial charge in [0.05, 0.1) is 12.5 Å². The normalized spacial score (nSPS) is 12.3. The molecule has 0 heterocycles. The van der Waals surface area contributed by atoms with E-state index >= 15 is 0 Å². The van der Waals surface area contributed by atoms with E-state index in [1.807, 2.05) is 0 Å². The summed E-state index contributed by atoms with van der Waals surface area (Å²) >= 11 is 0. The Kier molecular flexibility index (Phi) is 6.35.